The summed E-state index contributed by atoms with van der Waals surface area (Å²) in [6.45, 7) is 11.2. The highest BCUT2D eigenvalue weighted by atomic mass is 16.5. The first kappa shape index (κ1) is 19.4. The summed E-state index contributed by atoms with van der Waals surface area (Å²) in [5.74, 6) is 4.79. The summed E-state index contributed by atoms with van der Waals surface area (Å²) in [4.78, 5) is 0. The Labute approximate surface area is 142 Å². The zero-order valence-electron chi connectivity index (χ0n) is 15.0. The first-order valence-corrected chi connectivity index (χ1v) is 8.78. The fourth-order valence-corrected chi connectivity index (χ4v) is 3.09. The van der Waals surface area contributed by atoms with Crippen molar-refractivity contribution in [1.29, 1.82) is 5.26 Å². The lowest BCUT2D eigenvalue weighted by Crippen LogP contribution is -2.11. The fraction of sp³-hybridized carbons (Fsp3) is 0.667. The Bertz CT molecular complexity index is 499. The van der Waals surface area contributed by atoms with E-state index in [9.17, 15) is 0 Å². The highest BCUT2D eigenvalue weighted by Gasteiger charge is 2.42. The summed E-state index contributed by atoms with van der Waals surface area (Å²) >= 11 is 0. The maximum Gasteiger partial charge on any atom is 0.0976 e. The second kappa shape index (κ2) is 9.46. The number of nitriles is 1. The molecule has 2 nitrogen and oxygen atoms in total. The van der Waals surface area contributed by atoms with Gasteiger partial charge in [0, 0.05) is 11.8 Å². The number of terminal acetylenes is 1. The van der Waals surface area contributed by atoms with Crippen LogP contribution >= 0.6 is 0 Å². The molecule has 0 aliphatic heterocycles. The van der Waals surface area contributed by atoms with E-state index >= 15 is 0 Å². The van der Waals surface area contributed by atoms with Gasteiger partial charge < -0.3 is 4.74 Å². The molecule has 2 aliphatic carbocycles. The highest BCUT2D eigenvalue weighted by molar-refractivity contribution is 5.14. The number of ether oxygens (including phenoxy) is 1. The van der Waals surface area contributed by atoms with Gasteiger partial charge in [0.25, 0.3) is 0 Å². The summed E-state index contributed by atoms with van der Waals surface area (Å²) in [6.07, 6.45) is 14.3. The molecule has 2 fully saturated rings. The van der Waals surface area contributed by atoms with E-state index in [4.69, 9.17) is 16.4 Å². The van der Waals surface area contributed by atoms with Crippen LogP contribution in [-0.2, 0) is 4.74 Å². The third kappa shape index (κ3) is 6.15. The summed E-state index contributed by atoms with van der Waals surface area (Å²) in [7, 11) is 0. The second-order valence-corrected chi connectivity index (χ2v) is 6.95. The molecular weight excluding hydrogens is 282 g/mol. The van der Waals surface area contributed by atoms with Gasteiger partial charge in [-0.2, -0.15) is 5.26 Å². The molecule has 2 aliphatic rings. The quantitative estimate of drug-likeness (QED) is 0.362. The molecule has 0 radical (unpaired) electrons. The highest BCUT2D eigenvalue weighted by Crippen LogP contribution is 2.52. The molecule has 0 N–H and O–H groups in total. The average molecular weight is 313 g/mol. The van der Waals surface area contributed by atoms with Crippen LogP contribution in [0.4, 0.5) is 0 Å². The van der Waals surface area contributed by atoms with Gasteiger partial charge in [0.2, 0.25) is 0 Å². The maximum absolute atomic E-state index is 8.72. The van der Waals surface area contributed by atoms with Crippen LogP contribution in [0.2, 0.25) is 0 Å². The van der Waals surface area contributed by atoms with Crippen molar-refractivity contribution in [2.24, 2.45) is 17.3 Å². The lowest BCUT2D eigenvalue weighted by atomic mass is 9.95. The molecule has 0 spiro atoms. The first-order chi connectivity index (χ1) is 11.0. The Kier molecular flexibility index (Phi) is 7.97. The summed E-state index contributed by atoms with van der Waals surface area (Å²) < 4.78 is 6.06. The Hall–Kier alpha value is -1.67. The van der Waals surface area contributed by atoms with E-state index in [2.05, 4.69) is 38.5 Å². The van der Waals surface area contributed by atoms with Gasteiger partial charge in [-0.3, -0.25) is 0 Å². The van der Waals surface area contributed by atoms with Gasteiger partial charge >= 0.3 is 0 Å². The van der Waals surface area contributed by atoms with Gasteiger partial charge in [0.1, 0.15) is 0 Å². The molecule has 126 valence electrons. The number of nitrogens with zero attached hydrogens (tertiary/aromatic N) is 1. The smallest absolute Gasteiger partial charge is 0.0976 e. The van der Waals surface area contributed by atoms with Gasteiger partial charge in [0.05, 0.1) is 24.9 Å². The maximum atomic E-state index is 8.72. The molecule has 0 saturated heterocycles. The average Bonchev–Trinajstić information content (AvgIpc) is 3.12. The lowest BCUT2D eigenvalue weighted by molar-refractivity contribution is 0.136. The first-order valence-electron chi connectivity index (χ1n) is 8.78. The van der Waals surface area contributed by atoms with E-state index < -0.39 is 0 Å². The fourth-order valence-electron chi connectivity index (χ4n) is 3.09. The minimum atomic E-state index is 0.331. The molecule has 0 aromatic carbocycles. The van der Waals surface area contributed by atoms with Crippen molar-refractivity contribution in [3.05, 3.63) is 24.0 Å². The SMILES string of the molecule is C#CCC.C=C(CC#N)C1CCC(CO/C(=C\C)C2(C)CC2)C1. The summed E-state index contributed by atoms with van der Waals surface area (Å²) in [5, 5.41) is 8.72. The molecule has 23 heavy (non-hydrogen) atoms. The minimum absolute atomic E-state index is 0.331. The predicted octanol–water partition coefficient (Wildman–Crippen LogP) is 5.62. The van der Waals surface area contributed by atoms with Crippen molar-refractivity contribution in [3.8, 4) is 18.4 Å². The molecule has 2 saturated carbocycles. The van der Waals surface area contributed by atoms with Crippen LogP contribution in [0.15, 0.2) is 24.0 Å². The molecule has 0 heterocycles. The standard InChI is InChI=1S/C17H25NO.C4H6/c1-4-16(17(3)8-9-17)19-12-14-5-6-15(11-14)13(2)7-10-18;1-3-4-2/h4,14-15H,2,5-9,11-12H2,1,3H3;1H,4H2,2H3/b16-4-;. The zero-order valence-corrected chi connectivity index (χ0v) is 15.0. The molecule has 0 aromatic heterocycles. The van der Waals surface area contributed by atoms with Crippen LogP contribution in [0.3, 0.4) is 0 Å². The van der Waals surface area contributed by atoms with E-state index in [0.717, 1.165) is 25.0 Å². The third-order valence-corrected chi connectivity index (χ3v) is 4.96. The van der Waals surface area contributed by atoms with E-state index in [0.29, 0.717) is 23.7 Å². The largest absolute Gasteiger partial charge is 0.497 e. The van der Waals surface area contributed by atoms with Crippen molar-refractivity contribution < 1.29 is 4.74 Å². The molecular formula is C21H31NO. The molecule has 2 rings (SSSR count). The summed E-state index contributed by atoms with van der Waals surface area (Å²) in [5.41, 5.74) is 1.45. The van der Waals surface area contributed by atoms with Gasteiger partial charge in [-0.1, -0.05) is 26.0 Å². The molecule has 2 heteroatoms. The molecule has 2 unspecified atom stereocenters. The topological polar surface area (TPSA) is 33.0 Å². The number of allylic oxidation sites excluding steroid dienone is 3. The van der Waals surface area contributed by atoms with Crippen LogP contribution in [0, 0.1) is 40.9 Å². The van der Waals surface area contributed by atoms with Crippen LogP contribution in [0.25, 0.3) is 0 Å². The normalized spacial score (nSPS) is 24.7. The monoisotopic (exact) mass is 313 g/mol. The predicted molar refractivity (Wildman–Crippen MR) is 96.4 cm³/mol. The van der Waals surface area contributed by atoms with Crippen LogP contribution < -0.4 is 0 Å². The van der Waals surface area contributed by atoms with E-state index in [1.807, 2.05) is 6.92 Å². The van der Waals surface area contributed by atoms with E-state index in [1.54, 1.807) is 0 Å². The van der Waals surface area contributed by atoms with E-state index in [1.165, 1.54) is 31.4 Å². The Morgan fingerprint density at radius 3 is 2.57 bits per heavy atom. The van der Waals surface area contributed by atoms with Crippen molar-refractivity contribution in [2.45, 2.75) is 65.7 Å². The molecule has 2 atom stereocenters. The number of hydrogen-bond acceptors (Lipinski definition) is 2. The third-order valence-electron chi connectivity index (χ3n) is 4.96. The van der Waals surface area contributed by atoms with Crippen molar-refractivity contribution in [3.63, 3.8) is 0 Å². The molecule has 0 amide bonds. The molecule has 0 aromatic rings. The van der Waals surface area contributed by atoms with Crippen molar-refractivity contribution in [2.75, 3.05) is 6.61 Å². The zero-order chi connectivity index (χ0) is 17.3. The van der Waals surface area contributed by atoms with Gasteiger partial charge in [-0.25, -0.2) is 0 Å². The van der Waals surface area contributed by atoms with Crippen LogP contribution in [-0.4, -0.2) is 6.61 Å². The second-order valence-electron chi connectivity index (χ2n) is 6.95. The number of hydrogen-bond donors (Lipinski definition) is 0. The Balaban J connectivity index is 0.000000593. The Morgan fingerprint density at radius 1 is 1.43 bits per heavy atom. The van der Waals surface area contributed by atoms with Gasteiger partial charge in [-0.05, 0) is 56.9 Å². The van der Waals surface area contributed by atoms with Gasteiger partial charge in [0.15, 0.2) is 0 Å². The van der Waals surface area contributed by atoms with Crippen molar-refractivity contribution >= 4 is 0 Å². The van der Waals surface area contributed by atoms with Gasteiger partial charge in [-0.15, -0.1) is 12.3 Å². The van der Waals surface area contributed by atoms with Crippen LogP contribution in [0.1, 0.15) is 65.7 Å². The van der Waals surface area contributed by atoms with Crippen molar-refractivity contribution in [1.82, 2.24) is 0 Å². The minimum Gasteiger partial charge on any atom is -0.497 e. The van der Waals surface area contributed by atoms with Crippen LogP contribution in [0.5, 0.6) is 0 Å². The Morgan fingerprint density at radius 2 is 2.09 bits per heavy atom. The lowest BCUT2D eigenvalue weighted by Gasteiger charge is -2.19. The summed E-state index contributed by atoms with van der Waals surface area (Å²) in [6, 6.07) is 2.21. The van der Waals surface area contributed by atoms with E-state index in [-0.39, 0.29) is 0 Å². The molecule has 0 bridgehead atoms. The number of rotatable bonds is 6.